The van der Waals surface area contributed by atoms with Gasteiger partial charge in [0.1, 0.15) is 0 Å². The zero-order chi connectivity index (χ0) is 14.8. The molecule has 0 aromatic heterocycles. The summed E-state index contributed by atoms with van der Waals surface area (Å²) < 4.78 is 0. The molecule has 1 N–H and O–H groups in total. The molecule has 0 radical (unpaired) electrons. The number of halogens is 1. The molecule has 1 amide bonds. The fourth-order valence-corrected chi connectivity index (χ4v) is 3.20. The maximum Gasteiger partial charge on any atom is 0.221 e. The van der Waals surface area contributed by atoms with Crippen molar-refractivity contribution >= 4 is 23.2 Å². The molecule has 3 heteroatoms. The second-order valence-electron chi connectivity index (χ2n) is 5.51. The first-order valence-corrected chi connectivity index (χ1v) is 7.71. The van der Waals surface area contributed by atoms with E-state index in [0.717, 1.165) is 23.6 Å². The normalized spacial score (nSPS) is 13.6. The molecule has 0 saturated heterocycles. The van der Waals surface area contributed by atoms with E-state index >= 15 is 0 Å². The van der Waals surface area contributed by atoms with Crippen LogP contribution in [0.2, 0.25) is 5.02 Å². The Bertz CT molecular complexity index is 676. The van der Waals surface area contributed by atoms with E-state index in [0.29, 0.717) is 0 Å². The highest BCUT2D eigenvalue weighted by Crippen LogP contribution is 2.36. The number of fused-ring (bicyclic) bond motifs is 1. The summed E-state index contributed by atoms with van der Waals surface area (Å²) in [5, 5.41) is 3.71. The lowest BCUT2D eigenvalue weighted by molar-refractivity contribution is -0.114. The second-order valence-corrected chi connectivity index (χ2v) is 5.95. The van der Waals surface area contributed by atoms with Gasteiger partial charge in [-0.3, -0.25) is 4.79 Å². The Morgan fingerprint density at radius 1 is 1.00 bits per heavy atom. The third-order valence-electron chi connectivity index (χ3n) is 4.00. The van der Waals surface area contributed by atoms with Crippen LogP contribution in [0.4, 0.5) is 5.69 Å². The fourth-order valence-electron chi connectivity index (χ4n) is 3.07. The molecule has 0 heterocycles. The number of rotatable bonds is 2. The molecule has 0 bridgehead atoms. The molecule has 3 rings (SSSR count). The Balaban J connectivity index is 2.10. The molecule has 108 valence electrons. The van der Waals surface area contributed by atoms with Crippen LogP contribution < -0.4 is 5.32 Å². The number of hydrogen-bond acceptors (Lipinski definition) is 1. The number of amides is 1. The summed E-state index contributed by atoms with van der Waals surface area (Å²) in [5.74, 6) is -0.0120. The Morgan fingerprint density at radius 2 is 1.67 bits per heavy atom. The molecule has 0 atom stereocenters. The Labute approximate surface area is 130 Å². The topological polar surface area (TPSA) is 29.1 Å². The third kappa shape index (κ3) is 2.96. The van der Waals surface area contributed by atoms with Crippen LogP contribution in [0.5, 0.6) is 0 Å². The summed E-state index contributed by atoms with van der Waals surface area (Å²) in [7, 11) is 0. The number of nitrogens with one attached hydrogen (secondary N) is 1. The Kier molecular flexibility index (Phi) is 3.98. The summed E-state index contributed by atoms with van der Waals surface area (Å²) in [6.45, 7) is 1.56. The monoisotopic (exact) mass is 299 g/mol. The van der Waals surface area contributed by atoms with E-state index in [4.69, 9.17) is 11.6 Å². The molecule has 0 aliphatic heterocycles. The molecule has 1 aliphatic carbocycles. The van der Waals surface area contributed by atoms with Crippen LogP contribution in [0.25, 0.3) is 11.1 Å². The number of benzene rings is 2. The standard InChI is InChI=1S/C18H18ClNO/c1-12(21)20-18-11-10-15(13-6-8-14(19)9-7-13)16-4-2-3-5-17(16)18/h6-11H,2-5H2,1H3,(H,20,21). The molecular weight excluding hydrogens is 282 g/mol. The molecule has 2 nitrogen and oxygen atoms in total. The summed E-state index contributed by atoms with van der Waals surface area (Å²) in [5.41, 5.74) is 6.08. The maximum absolute atomic E-state index is 11.4. The first-order valence-electron chi connectivity index (χ1n) is 7.33. The molecule has 2 aromatic carbocycles. The average Bonchev–Trinajstić information content (AvgIpc) is 2.48. The quantitative estimate of drug-likeness (QED) is 0.844. The minimum Gasteiger partial charge on any atom is -0.326 e. The molecule has 21 heavy (non-hydrogen) atoms. The van der Waals surface area contributed by atoms with Gasteiger partial charge in [0.2, 0.25) is 5.91 Å². The van der Waals surface area contributed by atoms with Crippen molar-refractivity contribution in [3.8, 4) is 11.1 Å². The Morgan fingerprint density at radius 3 is 2.33 bits per heavy atom. The van der Waals surface area contributed by atoms with Crippen LogP contribution in [-0.2, 0) is 17.6 Å². The van der Waals surface area contributed by atoms with Gasteiger partial charge in [-0.05, 0) is 66.1 Å². The summed E-state index contributed by atoms with van der Waals surface area (Å²) in [6, 6.07) is 12.1. The van der Waals surface area contributed by atoms with Gasteiger partial charge in [-0.2, -0.15) is 0 Å². The summed E-state index contributed by atoms with van der Waals surface area (Å²) in [4.78, 5) is 11.4. The van der Waals surface area contributed by atoms with Crippen LogP contribution in [0.15, 0.2) is 36.4 Å². The predicted molar refractivity (Wildman–Crippen MR) is 87.8 cm³/mol. The minimum atomic E-state index is -0.0120. The van der Waals surface area contributed by atoms with Crippen LogP contribution in [0.3, 0.4) is 0 Å². The van der Waals surface area contributed by atoms with Crippen LogP contribution in [-0.4, -0.2) is 5.91 Å². The predicted octanol–water partition coefficient (Wildman–Crippen LogP) is 4.84. The number of anilines is 1. The van der Waals surface area contributed by atoms with Gasteiger partial charge in [-0.1, -0.05) is 29.8 Å². The van der Waals surface area contributed by atoms with Gasteiger partial charge in [-0.25, -0.2) is 0 Å². The second kappa shape index (κ2) is 5.90. The molecule has 0 unspecified atom stereocenters. The van der Waals surface area contributed by atoms with Crippen molar-refractivity contribution in [2.75, 3.05) is 5.32 Å². The van der Waals surface area contributed by atoms with Gasteiger partial charge in [0, 0.05) is 17.6 Å². The van der Waals surface area contributed by atoms with E-state index in [1.165, 1.54) is 35.1 Å². The lowest BCUT2D eigenvalue weighted by Crippen LogP contribution is -2.13. The lowest BCUT2D eigenvalue weighted by atomic mass is 9.85. The van der Waals surface area contributed by atoms with E-state index in [1.807, 2.05) is 18.2 Å². The average molecular weight is 300 g/mol. The molecule has 1 aliphatic rings. The van der Waals surface area contributed by atoms with Gasteiger partial charge < -0.3 is 5.32 Å². The van der Waals surface area contributed by atoms with Crippen molar-refractivity contribution in [3.05, 3.63) is 52.5 Å². The van der Waals surface area contributed by atoms with E-state index in [9.17, 15) is 4.79 Å². The highest BCUT2D eigenvalue weighted by atomic mass is 35.5. The Hall–Kier alpha value is -1.80. The largest absolute Gasteiger partial charge is 0.326 e. The van der Waals surface area contributed by atoms with Crippen molar-refractivity contribution in [1.82, 2.24) is 0 Å². The summed E-state index contributed by atoms with van der Waals surface area (Å²) >= 11 is 5.98. The zero-order valence-corrected chi connectivity index (χ0v) is 12.8. The zero-order valence-electron chi connectivity index (χ0n) is 12.1. The SMILES string of the molecule is CC(=O)Nc1ccc(-c2ccc(Cl)cc2)c2c1CCCC2. The molecule has 2 aromatic rings. The van der Waals surface area contributed by atoms with Gasteiger partial charge in [0.05, 0.1) is 0 Å². The van der Waals surface area contributed by atoms with E-state index in [-0.39, 0.29) is 5.91 Å². The van der Waals surface area contributed by atoms with Crippen molar-refractivity contribution in [3.63, 3.8) is 0 Å². The minimum absolute atomic E-state index is 0.0120. The molecule has 0 fully saturated rings. The number of carbonyl (C=O) groups excluding carboxylic acids is 1. The van der Waals surface area contributed by atoms with Crippen LogP contribution in [0.1, 0.15) is 30.9 Å². The van der Waals surface area contributed by atoms with Crippen LogP contribution in [0, 0.1) is 0 Å². The van der Waals surface area contributed by atoms with Crippen molar-refractivity contribution in [2.45, 2.75) is 32.6 Å². The van der Waals surface area contributed by atoms with Crippen molar-refractivity contribution in [1.29, 1.82) is 0 Å². The third-order valence-corrected chi connectivity index (χ3v) is 4.25. The molecule has 0 spiro atoms. The first-order chi connectivity index (χ1) is 10.1. The highest BCUT2D eigenvalue weighted by molar-refractivity contribution is 6.30. The number of hydrogen-bond donors (Lipinski definition) is 1. The van der Waals surface area contributed by atoms with E-state index in [1.54, 1.807) is 6.92 Å². The molecular formula is C18H18ClNO. The summed E-state index contributed by atoms with van der Waals surface area (Å²) in [6.07, 6.45) is 4.49. The van der Waals surface area contributed by atoms with E-state index in [2.05, 4.69) is 23.5 Å². The number of carbonyl (C=O) groups is 1. The van der Waals surface area contributed by atoms with Gasteiger partial charge in [0.15, 0.2) is 0 Å². The fraction of sp³-hybridized carbons (Fsp3) is 0.278. The van der Waals surface area contributed by atoms with Crippen molar-refractivity contribution < 1.29 is 4.79 Å². The lowest BCUT2D eigenvalue weighted by Gasteiger charge is -2.23. The smallest absolute Gasteiger partial charge is 0.221 e. The van der Waals surface area contributed by atoms with Gasteiger partial charge >= 0.3 is 0 Å². The van der Waals surface area contributed by atoms with Gasteiger partial charge in [0.25, 0.3) is 0 Å². The maximum atomic E-state index is 11.4. The van der Waals surface area contributed by atoms with Gasteiger partial charge in [-0.15, -0.1) is 0 Å². The van der Waals surface area contributed by atoms with E-state index < -0.39 is 0 Å². The molecule has 0 saturated carbocycles. The van der Waals surface area contributed by atoms with Crippen molar-refractivity contribution in [2.24, 2.45) is 0 Å². The first kappa shape index (κ1) is 14.2. The van der Waals surface area contributed by atoms with Crippen LogP contribution >= 0.6 is 11.6 Å². The highest BCUT2D eigenvalue weighted by Gasteiger charge is 2.18.